The molecule has 0 fully saturated rings. The maximum Gasteiger partial charge on any atom is 0.258 e. The van der Waals surface area contributed by atoms with Gasteiger partial charge in [-0.1, -0.05) is 11.8 Å². The molecule has 2 aromatic heterocycles. The van der Waals surface area contributed by atoms with Crippen LogP contribution in [0, 0.1) is 11.8 Å². The number of rotatable bonds is 6. The zero-order valence-electron chi connectivity index (χ0n) is 11.9. The summed E-state index contributed by atoms with van der Waals surface area (Å²) in [7, 11) is 0. The summed E-state index contributed by atoms with van der Waals surface area (Å²) < 4.78 is 10.6. The fourth-order valence-electron chi connectivity index (χ4n) is 1.44. The number of nitrogens with one attached hydrogen (secondary N) is 1. The van der Waals surface area contributed by atoms with Crippen molar-refractivity contribution in [1.82, 2.24) is 15.3 Å². The molecule has 112 valence electrons. The van der Waals surface area contributed by atoms with E-state index >= 15 is 0 Å². The molecule has 0 aromatic carbocycles. The first kappa shape index (κ1) is 15.3. The predicted octanol–water partition coefficient (Wildman–Crippen LogP) is 1.05. The molecule has 0 spiro atoms. The molecule has 0 aliphatic heterocycles. The Morgan fingerprint density at radius 2 is 1.73 bits per heavy atom. The molecule has 6 heteroatoms. The fourth-order valence-corrected chi connectivity index (χ4v) is 1.44. The monoisotopic (exact) mass is 297 g/mol. The molecule has 0 aliphatic rings. The Morgan fingerprint density at radius 1 is 1.05 bits per heavy atom. The smallest absolute Gasteiger partial charge is 0.258 e. The van der Waals surface area contributed by atoms with E-state index in [-0.39, 0.29) is 25.7 Å². The van der Waals surface area contributed by atoms with E-state index < -0.39 is 0 Å². The molecule has 0 bridgehead atoms. The van der Waals surface area contributed by atoms with Crippen molar-refractivity contribution in [2.45, 2.75) is 0 Å². The maximum absolute atomic E-state index is 11.5. The largest absolute Gasteiger partial charge is 0.482 e. The van der Waals surface area contributed by atoms with Crippen molar-refractivity contribution in [2.75, 3.05) is 19.8 Å². The third-order valence-electron chi connectivity index (χ3n) is 2.45. The average molecular weight is 297 g/mol. The second-order valence-electron chi connectivity index (χ2n) is 4.09. The highest BCUT2D eigenvalue weighted by Crippen LogP contribution is 2.05. The molecule has 2 rings (SSSR count). The Kier molecular flexibility index (Phi) is 6.25. The van der Waals surface area contributed by atoms with Crippen molar-refractivity contribution >= 4 is 5.91 Å². The molecule has 1 N–H and O–H groups in total. The van der Waals surface area contributed by atoms with Gasteiger partial charge in [-0.25, -0.2) is 0 Å². The van der Waals surface area contributed by atoms with E-state index in [0.717, 1.165) is 0 Å². The van der Waals surface area contributed by atoms with Gasteiger partial charge in [-0.2, -0.15) is 0 Å². The van der Waals surface area contributed by atoms with Crippen LogP contribution >= 0.6 is 0 Å². The van der Waals surface area contributed by atoms with Gasteiger partial charge in [-0.15, -0.1) is 0 Å². The van der Waals surface area contributed by atoms with E-state index in [2.05, 4.69) is 27.1 Å². The molecule has 0 saturated heterocycles. The number of carbonyl (C=O) groups is 1. The topological polar surface area (TPSA) is 73.3 Å². The Bertz CT molecular complexity index is 636. The summed E-state index contributed by atoms with van der Waals surface area (Å²) in [6.07, 6.45) is 6.46. The minimum Gasteiger partial charge on any atom is -0.482 e. The van der Waals surface area contributed by atoms with Crippen LogP contribution in [-0.4, -0.2) is 35.6 Å². The molecule has 6 nitrogen and oxygen atoms in total. The summed E-state index contributed by atoms with van der Waals surface area (Å²) in [6, 6.07) is 7.05. The van der Waals surface area contributed by atoms with Crippen molar-refractivity contribution in [3.05, 3.63) is 49.1 Å². The number of pyridine rings is 2. The van der Waals surface area contributed by atoms with Crippen LogP contribution in [0.5, 0.6) is 11.5 Å². The van der Waals surface area contributed by atoms with Crippen molar-refractivity contribution in [3.8, 4) is 23.3 Å². The minimum atomic E-state index is -0.244. The summed E-state index contributed by atoms with van der Waals surface area (Å²) in [5.41, 5.74) is 0. The maximum atomic E-state index is 11.5. The lowest BCUT2D eigenvalue weighted by Crippen LogP contribution is -2.29. The molecular weight excluding hydrogens is 282 g/mol. The van der Waals surface area contributed by atoms with Crippen LogP contribution in [0.25, 0.3) is 0 Å². The Labute approximate surface area is 128 Å². The quantitative estimate of drug-likeness (QED) is 0.807. The highest BCUT2D eigenvalue weighted by molar-refractivity contribution is 5.77. The van der Waals surface area contributed by atoms with E-state index in [0.29, 0.717) is 11.5 Å². The van der Waals surface area contributed by atoms with Gasteiger partial charge in [-0.05, 0) is 24.3 Å². The van der Waals surface area contributed by atoms with E-state index in [1.165, 1.54) is 0 Å². The van der Waals surface area contributed by atoms with Crippen LogP contribution in [0.3, 0.4) is 0 Å². The van der Waals surface area contributed by atoms with Gasteiger partial charge in [0.25, 0.3) is 5.91 Å². The first-order valence-electron chi connectivity index (χ1n) is 6.62. The third kappa shape index (κ3) is 5.92. The lowest BCUT2D eigenvalue weighted by Gasteiger charge is -2.04. The summed E-state index contributed by atoms with van der Waals surface area (Å²) >= 11 is 0. The van der Waals surface area contributed by atoms with Crippen molar-refractivity contribution in [3.63, 3.8) is 0 Å². The first-order chi connectivity index (χ1) is 10.8. The molecule has 1 amide bonds. The van der Waals surface area contributed by atoms with Crippen LogP contribution in [0.4, 0.5) is 0 Å². The minimum absolute atomic E-state index is 0.0699. The number of carbonyl (C=O) groups excluding carboxylic acids is 1. The standard InChI is InChI=1S/C16H15N3O3/c20-16(13-22-15-6-4-8-18-12-15)19-9-1-2-10-21-14-5-3-7-17-11-14/h3-8,11-12H,9-10,13H2,(H,19,20). The number of hydrogen-bond donors (Lipinski definition) is 1. The highest BCUT2D eigenvalue weighted by atomic mass is 16.5. The van der Waals surface area contributed by atoms with Gasteiger partial charge in [0.1, 0.15) is 18.1 Å². The predicted molar refractivity (Wildman–Crippen MR) is 80.2 cm³/mol. The summed E-state index contributed by atoms with van der Waals surface area (Å²) in [5, 5.41) is 2.63. The van der Waals surface area contributed by atoms with Crippen LogP contribution in [0.1, 0.15) is 0 Å². The van der Waals surface area contributed by atoms with Gasteiger partial charge in [0.05, 0.1) is 18.9 Å². The van der Waals surface area contributed by atoms with Gasteiger partial charge >= 0.3 is 0 Å². The lowest BCUT2D eigenvalue weighted by molar-refractivity contribution is -0.122. The molecule has 0 aliphatic carbocycles. The fraction of sp³-hybridized carbons (Fsp3) is 0.188. The molecule has 2 heterocycles. The third-order valence-corrected chi connectivity index (χ3v) is 2.45. The molecule has 22 heavy (non-hydrogen) atoms. The lowest BCUT2D eigenvalue weighted by atomic mass is 10.4. The number of hydrogen-bond acceptors (Lipinski definition) is 5. The number of nitrogens with zero attached hydrogens (tertiary/aromatic N) is 2. The molecule has 0 atom stereocenters. The van der Waals surface area contributed by atoms with Gasteiger partial charge in [-0.3, -0.25) is 14.8 Å². The van der Waals surface area contributed by atoms with Crippen LogP contribution in [-0.2, 0) is 4.79 Å². The Morgan fingerprint density at radius 3 is 2.36 bits per heavy atom. The zero-order valence-corrected chi connectivity index (χ0v) is 11.9. The van der Waals surface area contributed by atoms with Gasteiger partial charge in [0, 0.05) is 12.4 Å². The van der Waals surface area contributed by atoms with Crippen LogP contribution < -0.4 is 14.8 Å². The van der Waals surface area contributed by atoms with Crippen LogP contribution in [0.2, 0.25) is 0 Å². The van der Waals surface area contributed by atoms with E-state index in [4.69, 9.17) is 9.47 Å². The van der Waals surface area contributed by atoms with Gasteiger partial charge in [0.15, 0.2) is 6.61 Å². The summed E-state index contributed by atoms with van der Waals surface area (Å²) in [5.74, 6) is 6.55. The van der Waals surface area contributed by atoms with Crippen molar-refractivity contribution in [2.24, 2.45) is 0 Å². The van der Waals surface area contributed by atoms with E-state index in [9.17, 15) is 4.79 Å². The van der Waals surface area contributed by atoms with Crippen molar-refractivity contribution in [1.29, 1.82) is 0 Å². The average Bonchev–Trinajstić information content (AvgIpc) is 2.58. The Balaban J connectivity index is 1.58. The normalized spacial score (nSPS) is 9.27. The van der Waals surface area contributed by atoms with E-state index in [1.54, 1.807) is 49.1 Å². The molecule has 2 aromatic rings. The molecule has 0 saturated carbocycles. The number of amides is 1. The molecule has 0 unspecified atom stereocenters. The Hall–Kier alpha value is -3.07. The van der Waals surface area contributed by atoms with Crippen LogP contribution in [0.15, 0.2) is 49.1 Å². The molecule has 0 radical (unpaired) electrons. The van der Waals surface area contributed by atoms with Crippen molar-refractivity contribution < 1.29 is 14.3 Å². The second-order valence-corrected chi connectivity index (χ2v) is 4.09. The number of ether oxygens (including phenoxy) is 2. The van der Waals surface area contributed by atoms with Gasteiger partial charge in [0.2, 0.25) is 0 Å². The SMILES string of the molecule is O=C(COc1cccnc1)NCC#CCOc1cccnc1. The van der Waals surface area contributed by atoms with E-state index in [1.807, 2.05) is 0 Å². The zero-order chi connectivity index (χ0) is 15.5. The molecular formula is C16H15N3O3. The summed E-state index contributed by atoms with van der Waals surface area (Å²) in [6.45, 7) is 0.416. The summed E-state index contributed by atoms with van der Waals surface area (Å²) in [4.78, 5) is 19.3. The van der Waals surface area contributed by atoms with Gasteiger partial charge < -0.3 is 14.8 Å². The second kappa shape index (κ2) is 8.97. The first-order valence-corrected chi connectivity index (χ1v) is 6.62. The highest BCUT2D eigenvalue weighted by Gasteiger charge is 2.00. The number of aromatic nitrogens is 2.